The van der Waals surface area contributed by atoms with Gasteiger partial charge in [-0.15, -0.1) is 0 Å². The van der Waals surface area contributed by atoms with E-state index in [1.807, 2.05) is 4.72 Å². The van der Waals surface area contributed by atoms with Crippen LogP contribution in [-0.2, 0) is 21.0 Å². The first-order valence-electron chi connectivity index (χ1n) is 6.18. The van der Waals surface area contributed by atoms with E-state index >= 15 is 0 Å². The van der Waals surface area contributed by atoms with E-state index in [1.54, 1.807) is 0 Å². The third kappa shape index (κ3) is 3.53. The van der Waals surface area contributed by atoms with E-state index in [2.05, 4.69) is 5.32 Å². The maximum Gasteiger partial charge on any atom is 0.417 e. The molecule has 1 amide bonds. The Morgan fingerprint density at radius 1 is 1.24 bits per heavy atom. The number of rotatable bonds is 3. The molecular weight excluding hydrogens is 309 g/mol. The van der Waals surface area contributed by atoms with E-state index in [9.17, 15) is 26.4 Å². The molecule has 1 aromatic rings. The van der Waals surface area contributed by atoms with Crippen LogP contribution in [0, 0.1) is 0 Å². The highest BCUT2D eigenvalue weighted by atomic mass is 32.2. The topological polar surface area (TPSA) is 75.3 Å². The van der Waals surface area contributed by atoms with Crippen LogP contribution in [0.5, 0.6) is 0 Å². The average molecular weight is 322 g/mol. The van der Waals surface area contributed by atoms with Crippen molar-refractivity contribution in [2.24, 2.45) is 0 Å². The van der Waals surface area contributed by atoms with Gasteiger partial charge in [0, 0.05) is 6.54 Å². The van der Waals surface area contributed by atoms with Crippen LogP contribution in [0.4, 0.5) is 13.2 Å². The number of benzene rings is 1. The van der Waals surface area contributed by atoms with Gasteiger partial charge in [-0.05, 0) is 25.0 Å². The Hall–Kier alpha value is -1.61. The Balaban J connectivity index is 2.34. The van der Waals surface area contributed by atoms with E-state index in [-0.39, 0.29) is 6.42 Å². The minimum absolute atomic E-state index is 0.249. The SMILES string of the molecule is O=C1NCCC[C@@H]1NS(=O)(=O)c1ccccc1C(F)(F)F. The minimum Gasteiger partial charge on any atom is -0.355 e. The van der Waals surface area contributed by atoms with Crippen molar-refractivity contribution >= 4 is 15.9 Å². The van der Waals surface area contributed by atoms with Crippen molar-refractivity contribution in [3.8, 4) is 0 Å². The van der Waals surface area contributed by atoms with Crippen LogP contribution in [0.1, 0.15) is 18.4 Å². The Morgan fingerprint density at radius 3 is 2.52 bits per heavy atom. The molecule has 9 heteroatoms. The van der Waals surface area contributed by atoms with Crippen molar-refractivity contribution in [2.45, 2.75) is 30.0 Å². The second-order valence-electron chi connectivity index (χ2n) is 4.60. The van der Waals surface area contributed by atoms with Crippen molar-refractivity contribution < 1.29 is 26.4 Å². The fraction of sp³-hybridized carbons (Fsp3) is 0.417. The Morgan fingerprint density at radius 2 is 1.90 bits per heavy atom. The third-order valence-corrected chi connectivity index (χ3v) is 4.59. The lowest BCUT2D eigenvalue weighted by Crippen LogP contribution is -2.50. The van der Waals surface area contributed by atoms with Gasteiger partial charge in [0.15, 0.2) is 0 Å². The number of carbonyl (C=O) groups excluding carboxylic acids is 1. The van der Waals surface area contributed by atoms with Crippen molar-refractivity contribution in [3.05, 3.63) is 29.8 Å². The Labute approximate surface area is 119 Å². The zero-order valence-corrected chi connectivity index (χ0v) is 11.6. The van der Waals surface area contributed by atoms with Crippen molar-refractivity contribution in [2.75, 3.05) is 6.54 Å². The van der Waals surface area contributed by atoms with Crippen LogP contribution < -0.4 is 10.0 Å². The molecule has 1 aliphatic rings. The van der Waals surface area contributed by atoms with E-state index in [1.165, 1.54) is 6.07 Å². The molecule has 1 heterocycles. The molecule has 1 aromatic carbocycles. The molecule has 0 spiro atoms. The fourth-order valence-corrected chi connectivity index (χ4v) is 3.53. The van der Waals surface area contributed by atoms with Gasteiger partial charge in [-0.2, -0.15) is 17.9 Å². The zero-order valence-electron chi connectivity index (χ0n) is 10.8. The summed E-state index contributed by atoms with van der Waals surface area (Å²) in [7, 11) is -4.44. The van der Waals surface area contributed by atoms with Crippen LogP contribution in [0.3, 0.4) is 0 Å². The average Bonchev–Trinajstić information content (AvgIpc) is 2.40. The van der Waals surface area contributed by atoms with E-state index in [0.717, 1.165) is 12.1 Å². The standard InChI is InChI=1S/C12H13F3N2O3S/c13-12(14,15)8-4-1-2-6-10(8)21(19,20)17-9-5-3-7-16-11(9)18/h1-2,4,6,9,17H,3,5,7H2,(H,16,18)/t9-/m0/s1. The van der Waals surface area contributed by atoms with Crippen LogP contribution in [-0.4, -0.2) is 26.9 Å². The molecule has 0 radical (unpaired) electrons. The monoisotopic (exact) mass is 322 g/mol. The van der Waals surface area contributed by atoms with Crippen LogP contribution in [0.15, 0.2) is 29.2 Å². The summed E-state index contributed by atoms with van der Waals surface area (Å²) in [5.74, 6) is -0.533. The maximum atomic E-state index is 12.9. The summed E-state index contributed by atoms with van der Waals surface area (Å²) in [4.78, 5) is 10.6. The maximum absolute atomic E-state index is 12.9. The van der Waals surface area contributed by atoms with Gasteiger partial charge in [-0.25, -0.2) is 8.42 Å². The number of sulfonamides is 1. The van der Waals surface area contributed by atoms with E-state index in [4.69, 9.17) is 0 Å². The zero-order chi connectivity index (χ0) is 15.7. The van der Waals surface area contributed by atoms with Gasteiger partial charge in [0.2, 0.25) is 15.9 Å². The second kappa shape index (κ2) is 5.64. The van der Waals surface area contributed by atoms with Gasteiger partial charge < -0.3 is 5.32 Å². The number of alkyl halides is 3. The first kappa shape index (κ1) is 15.8. The highest BCUT2D eigenvalue weighted by Gasteiger charge is 2.38. The summed E-state index contributed by atoms with van der Waals surface area (Å²) < 4.78 is 64.9. The van der Waals surface area contributed by atoms with Gasteiger partial charge in [0.05, 0.1) is 10.5 Å². The molecule has 1 atom stereocenters. The quantitative estimate of drug-likeness (QED) is 0.880. The molecule has 2 rings (SSSR count). The number of piperidine rings is 1. The van der Waals surface area contributed by atoms with Crippen LogP contribution in [0.25, 0.3) is 0 Å². The number of carbonyl (C=O) groups is 1. The molecule has 0 unspecified atom stereocenters. The Bertz CT molecular complexity index is 643. The second-order valence-corrected chi connectivity index (χ2v) is 6.28. The largest absolute Gasteiger partial charge is 0.417 e. The lowest BCUT2D eigenvalue weighted by molar-refractivity contribution is -0.139. The normalized spacial score (nSPS) is 20.1. The summed E-state index contributed by atoms with van der Waals surface area (Å²) in [5, 5.41) is 2.46. The molecule has 0 aromatic heterocycles. The predicted octanol–water partition coefficient (Wildman–Crippen LogP) is 1.26. The molecule has 1 aliphatic heterocycles. The van der Waals surface area contributed by atoms with Gasteiger partial charge in [-0.3, -0.25) is 4.79 Å². The highest BCUT2D eigenvalue weighted by molar-refractivity contribution is 7.89. The highest BCUT2D eigenvalue weighted by Crippen LogP contribution is 2.34. The van der Waals surface area contributed by atoms with E-state index in [0.29, 0.717) is 19.0 Å². The summed E-state index contributed by atoms with van der Waals surface area (Å²) in [5.41, 5.74) is -1.26. The van der Waals surface area contributed by atoms with Crippen molar-refractivity contribution in [3.63, 3.8) is 0 Å². The number of halogens is 3. The summed E-state index contributed by atoms with van der Waals surface area (Å²) in [6.45, 7) is 0.427. The van der Waals surface area contributed by atoms with E-state index < -0.39 is 38.6 Å². The van der Waals surface area contributed by atoms with Crippen molar-refractivity contribution in [1.82, 2.24) is 10.0 Å². The van der Waals surface area contributed by atoms with Crippen molar-refractivity contribution in [1.29, 1.82) is 0 Å². The summed E-state index contributed by atoms with van der Waals surface area (Å²) >= 11 is 0. The first-order valence-corrected chi connectivity index (χ1v) is 7.66. The molecule has 1 saturated heterocycles. The molecule has 21 heavy (non-hydrogen) atoms. The smallest absolute Gasteiger partial charge is 0.355 e. The first-order chi connectivity index (χ1) is 9.72. The van der Waals surface area contributed by atoms with Gasteiger partial charge in [0.25, 0.3) is 0 Å². The molecule has 2 N–H and O–H groups in total. The number of amides is 1. The third-order valence-electron chi connectivity index (χ3n) is 3.06. The molecule has 5 nitrogen and oxygen atoms in total. The number of hydrogen-bond acceptors (Lipinski definition) is 3. The van der Waals surface area contributed by atoms with Gasteiger partial charge in [0.1, 0.15) is 6.04 Å². The molecule has 0 aliphatic carbocycles. The molecule has 0 bridgehead atoms. The summed E-state index contributed by atoms with van der Waals surface area (Å²) in [6, 6.07) is 2.81. The molecule has 0 saturated carbocycles. The number of nitrogens with one attached hydrogen (secondary N) is 2. The predicted molar refractivity (Wildman–Crippen MR) is 67.8 cm³/mol. The number of hydrogen-bond donors (Lipinski definition) is 2. The van der Waals surface area contributed by atoms with Crippen LogP contribution in [0.2, 0.25) is 0 Å². The minimum atomic E-state index is -4.79. The summed E-state index contributed by atoms with van der Waals surface area (Å²) in [6.07, 6.45) is -3.99. The molecular formula is C12H13F3N2O3S. The van der Waals surface area contributed by atoms with Gasteiger partial charge >= 0.3 is 6.18 Å². The molecule has 116 valence electrons. The van der Waals surface area contributed by atoms with Crippen LogP contribution >= 0.6 is 0 Å². The van der Waals surface area contributed by atoms with Gasteiger partial charge in [-0.1, -0.05) is 12.1 Å². The fourth-order valence-electron chi connectivity index (χ4n) is 2.07. The Kier molecular flexibility index (Phi) is 4.24. The lowest BCUT2D eigenvalue weighted by Gasteiger charge is -2.23. The lowest BCUT2D eigenvalue weighted by atomic mass is 10.1. The molecule has 1 fully saturated rings.